The van der Waals surface area contributed by atoms with Crippen LogP contribution in [0.15, 0.2) is 0 Å². The average Bonchev–Trinajstić information content (AvgIpc) is 2.68. The molecule has 0 aromatic carbocycles. The molecular weight excluding hydrogens is 412 g/mol. The highest BCUT2D eigenvalue weighted by molar-refractivity contribution is 5.48. The van der Waals surface area contributed by atoms with Crippen molar-refractivity contribution < 1.29 is 9.59 Å². The number of unbranched alkanes of at least 4 members (excludes halogenated alkanes) is 2. The van der Waals surface area contributed by atoms with Crippen LogP contribution in [0.4, 0.5) is 0 Å². The maximum Gasteiger partial charge on any atom is 0.209 e. The topological polar surface area (TPSA) is 47.1 Å². The van der Waals surface area contributed by atoms with Crippen LogP contribution >= 0.6 is 0 Å². The first-order valence-corrected chi connectivity index (χ1v) is 13.0. The Balaban J connectivity index is 1.85. The van der Waals surface area contributed by atoms with Crippen molar-refractivity contribution >= 4 is 12.8 Å². The number of rotatable bonds is 10. The van der Waals surface area contributed by atoms with E-state index in [0.717, 1.165) is 70.9 Å². The lowest BCUT2D eigenvalue weighted by molar-refractivity contribution is -0.125. The molecule has 0 atom stereocenters. The van der Waals surface area contributed by atoms with Gasteiger partial charge in [0.05, 0.1) is 0 Å². The monoisotopic (exact) mass is 464 g/mol. The van der Waals surface area contributed by atoms with Crippen LogP contribution in [0.2, 0.25) is 0 Å². The zero-order valence-corrected chi connectivity index (χ0v) is 23.3. The van der Waals surface area contributed by atoms with Crippen LogP contribution in [0.5, 0.6) is 0 Å². The van der Waals surface area contributed by atoms with Gasteiger partial charge in [-0.25, -0.2) is 0 Å². The standard InChI is InChI=1S/C27H52N4O2/c1-24(2)16-22(17-25(3,4)28(24)9)30(20-32)14-12-11-13-15-31(21-33)23-18-26(5,6)29(10)27(7,8)19-23/h20-23H,11-19H2,1-10H3. The molecule has 2 amide bonds. The Bertz CT molecular complexity index is 581. The van der Waals surface area contributed by atoms with Gasteiger partial charge < -0.3 is 9.80 Å². The van der Waals surface area contributed by atoms with Crippen molar-refractivity contribution in [3.05, 3.63) is 0 Å². The molecule has 0 spiro atoms. The Morgan fingerprint density at radius 3 is 1.12 bits per heavy atom. The molecule has 2 rings (SSSR count). The summed E-state index contributed by atoms with van der Waals surface area (Å²) in [5.74, 6) is 0. The van der Waals surface area contributed by atoms with E-state index in [0.29, 0.717) is 12.1 Å². The van der Waals surface area contributed by atoms with Crippen molar-refractivity contribution in [2.45, 2.75) is 135 Å². The van der Waals surface area contributed by atoms with E-state index in [-0.39, 0.29) is 22.2 Å². The van der Waals surface area contributed by atoms with Gasteiger partial charge in [-0.1, -0.05) is 0 Å². The molecule has 0 aliphatic carbocycles. The third-order valence-corrected chi connectivity index (χ3v) is 9.11. The molecule has 0 aromatic heterocycles. The summed E-state index contributed by atoms with van der Waals surface area (Å²) < 4.78 is 0. The molecule has 0 N–H and O–H groups in total. The molecule has 6 heteroatoms. The number of piperidine rings is 2. The maximum absolute atomic E-state index is 11.9. The van der Waals surface area contributed by atoms with E-state index in [1.807, 2.05) is 9.80 Å². The summed E-state index contributed by atoms with van der Waals surface area (Å²) in [5.41, 5.74) is 0.309. The van der Waals surface area contributed by atoms with Crippen molar-refractivity contribution in [1.82, 2.24) is 19.6 Å². The van der Waals surface area contributed by atoms with Gasteiger partial charge in [-0.3, -0.25) is 19.4 Å². The molecular formula is C27H52N4O2. The summed E-state index contributed by atoms with van der Waals surface area (Å²) in [4.78, 5) is 32.9. The molecule has 2 aliphatic heterocycles. The number of amides is 2. The Hall–Kier alpha value is -1.14. The van der Waals surface area contributed by atoms with Crippen molar-refractivity contribution in [3.8, 4) is 0 Å². The van der Waals surface area contributed by atoms with Crippen molar-refractivity contribution in [1.29, 1.82) is 0 Å². The van der Waals surface area contributed by atoms with E-state index in [1.165, 1.54) is 0 Å². The first-order chi connectivity index (χ1) is 15.1. The second kappa shape index (κ2) is 10.2. The summed E-state index contributed by atoms with van der Waals surface area (Å²) in [7, 11) is 4.40. The molecule has 6 nitrogen and oxygen atoms in total. The highest BCUT2D eigenvalue weighted by Gasteiger charge is 2.45. The zero-order valence-electron chi connectivity index (χ0n) is 23.3. The molecule has 0 saturated carbocycles. The number of likely N-dealkylation sites (tertiary alicyclic amines) is 2. The first-order valence-electron chi connectivity index (χ1n) is 13.0. The van der Waals surface area contributed by atoms with Gasteiger partial charge in [0.25, 0.3) is 0 Å². The summed E-state index contributed by atoms with van der Waals surface area (Å²) in [6.45, 7) is 19.9. The molecule has 33 heavy (non-hydrogen) atoms. The number of carbonyl (C=O) groups excluding carboxylic acids is 2. The van der Waals surface area contributed by atoms with Crippen LogP contribution in [0.1, 0.15) is 100 Å². The van der Waals surface area contributed by atoms with E-state index in [2.05, 4.69) is 79.3 Å². The SMILES string of the molecule is CN1C(C)(C)CC(N(C=O)CCCCCN(C=O)C2CC(C)(C)N(C)C(C)(C)C2)CC1(C)C. The second-order valence-corrected chi connectivity index (χ2v) is 13.2. The Kier molecular flexibility index (Phi) is 8.71. The Morgan fingerprint density at radius 2 is 0.879 bits per heavy atom. The quantitative estimate of drug-likeness (QED) is 0.356. The van der Waals surface area contributed by atoms with Crippen molar-refractivity contribution in [2.75, 3.05) is 27.2 Å². The fourth-order valence-electron chi connectivity index (χ4n) is 6.51. The lowest BCUT2D eigenvalue weighted by Gasteiger charge is -2.55. The highest BCUT2D eigenvalue weighted by atomic mass is 16.1. The third kappa shape index (κ3) is 6.50. The van der Waals surface area contributed by atoms with Gasteiger partial charge in [-0.2, -0.15) is 0 Å². The summed E-state index contributed by atoms with van der Waals surface area (Å²) in [6, 6.07) is 0.581. The Morgan fingerprint density at radius 1 is 0.606 bits per heavy atom. The second-order valence-electron chi connectivity index (χ2n) is 13.2. The fraction of sp³-hybridized carbons (Fsp3) is 0.926. The summed E-state index contributed by atoms with van der Waals surface area (Å²) in [6.07, 6.45) is 9.15. The molecule has 192 valence electrons. The molecule has 2 aliphatic rings. The van der Waals surface area contributed by atoms with E-state index in [1.54, 1.807) is 0 Å². The number of carbonyl (C=O) groups is 2. The summed E-state index contributed by atoms with van der Waals surface area (Å²) >= 11 is 0. The van der Waals surface area contributed by atoms with Gasteiger partial charge in [-0.15, -0.1) is 0 Å². The molecule has 0 aromatic rings. The van der Waals surface area contributed by atoms with Crippen LogP contribution in [0.25, 0.3) is 0 Å². The van der Waals surface area contributed by atoms with Crippen LogP contribution in [-0.4, -0.2) is 93.8 Å². The predicted molar refractivity (Wildman–Crippen MR) is 137 cm³/mol. The minimum absolute atomic E-state index is 0.0771. The normalized spacial score (nSPS) is 25.5. The van der Waals surface area contributed by atoms with Crippen LogP contribution in [-0.2, 0) is 9.59 Å². The van der Waals surface area contributed by atoms with E-state index >= 15 is 0 Å². The van der Waals surface area contributed by atoms with Gasteiger partial charge in [0, 0.05) is 47.3 Å². The minimum Gasteiger partial charge on any atom is -0.342 e. The van der Waals surface area contributed by atoms with E-state index in [4.69, 9.17) is 0 Å². The largest absolute Gasteiger partial charge is 0.342 e. The molecule has 2 fully saturated rings. The van der Waals surface area contributed by atoms with Gasteiger partial charge in [0.15, 0.2) is 0 Å². The first kappa shape index (κ1) is 28.1. The van der Waals surface area contributed by atoms with Gasteiger partial charge in [0.2, 0.25) is 12.8 Å². The van der Waals surface area contributed by atoms with Crippen molar-refractivity contribution in [2.24, 2.45) is 0 Å². The number of hydrogen-bond acceptors (Lipinski definition) is 4. The molecule has 0 bridgehead atoms. The molecule has 2 saturated heterocycles. The lowest BCUT2D eigenvalue weighted by Crippen LogP contribution is -2.62. The zero-order chi connectivity index (χ0) is 25.2. The van der Waals surface area contributed by atoms with Gasteiger partial charge in [-0.05, 0) is 114 Å². The molecule has 0 unspecified atom stereocenters. The Labute approximate surface area is 204 Å². The van der Waals surface area contributed by atoms with E-state index < -0.39 is 0 Å². The average molecular weight is 465 g/mol. The van der Waals surface area contributed by atoms with Crippen LogP contribution in [0.3, 0.4) is 0 Å². The van der Waals surface area contributed by atoms with Gasteiger partial charge >= 0.3 is 0 Å². The lowest BCUT2D eigenvalue weighted by atomic mass is 9.77. The predicted octanol–water partition coefficient (Wildman–Crippen LogP) is 4.38. The smallest absolute Gasteiger partial charge is 0.209 e. The fourth-order valence-corrected chi connectivity index (χ4v) is 6.51. The third-order valence-electron chi connectivity index (χ3n) is 9.11. The van der Waals surface area contributed by atoms with Crippen molar-refractivity contribution in [3.63, 3.8) is 0 Å². The summed E-state index contributed by atoms with van der Waals surface area (Å²) in [5, 5.41) is 0. The number of hydrogen-bond donors (Lipinski definition) is 0. The molecule has 2 heterocycles. The van der Waals surface area contributed by atoms with Crippen LogP contribution in [0, 0.1) is 0 Å². The van der Waals surface area contributed by atoms with Crippen LogP contribution < -0.4 is 0 Å². The highest BCUT2D eigenvalue weighted by Crippen LogP contribution is 2.39. The number of nitrogens with zero attached hydrogens (tertiary/aromatic N) is 4. The molecule has 0 radical (unpaired) electrons. The van der Waals surface area contributed by atoms with Gasteiger partial charge in [0.1, 0.15) is 0 Å². The van der Waals surface area contributed by atoms with E-state index in [9.17, 15) is 9.59 Å². The minimum atomic E-state index is 0.0771. The maximum atomic E-state index is 11.9.